The number of rotatable bonds is 6. The van der Waals surface area contributed by atoms with Gasteiger partial charge in [0.1, 0.15) is 11.5 Å². The smallest absolute Gasteiger partial charge is 0.130 e. The van der Waals surface area contributed by atoms with Crippen LogP contribution in [0.5, 0.6) is 11.5 Å². The number of aromatic amines is 4. The highest BCUT2D eigenvalue weighted by atomic mass is 16.5. The molecule has 4 aromatic heterocycles. The van der Waals surface area contributed by atoms with Gasteiger partial charge in [0, 0.05) is 66.5 Å². The Morgan fingerprint density at radius 1 is 0.308 bits per heavy atom. The van der Waals surface area contributed by atoms with Crippen molar-refractivity contribution in [2.45, 2.75) is 0 Å². The van der Waals surface area contributed by atoms with Gasteiger partial charge in [-0.15, -0.1) is 0 Å². The predicted octanol–water partition coefficient (Wildman–Crippen LogP) is 6.32. The fourth-order valence-corrected chi connectivity index (χ4v) is 7.44. The van der Waals surface area contributed by atoms with Crippen LogP contribution in [0.2, 0.25) is 0 Å². The standard InChI is InChI=1S/C46H36N4O2/c1-51-40-19-12-20-41(52-2)46(40)45-38-27-25-36(49-38)43(30-15-8-4-9-16-30)34-23-21-32(47-34)42(29-13-6-3-7-14-29)33-22-24-35(48-33)44(31-17-10-5-11-18-31)37-26-28-39(45)50-37/h3-28,47-50H,1-2H3. The highest BCUT2D eigenvalue weighted by Gasteiger charge is 2.22. The third kappa shape index (κ3) is 5.38. The Kier molecular flexibility index (Phi) is 7.82. The first kappa shape index (κ1) is 31.1. The molecule has 8 aromatic rings. The van der Waals surface area contributed by atoms with E-state index < -0.39 is 0 Å². The first-order chi connectivity index (χ1) is 25.7. The molecule has 0 unspecified atom stereocenters. The molecular formula is C46H36N4O2. The van der Waals surface area contributed by atoms with Crippen molar-refractivity contribution in [3.05, 3.63) is 224 Å². The Bertz CT molecular complexity index is 2780. The number of fused-ring (bicyclic) bond motifs is 8. The van der Waals surface area contributed by atoms with Crippen LogP contribution in [0.25, 0.3) is 22.3 Å². The number of aromatic nitrogens is 4. The summed E-state index contributed by atoms with van der Waals surface area (Å²) in [5.41, 5.74) is 12.2. The van der Waals surface area contributed by atoms with Crippen molar-refractivity contribution in [2.24, 2.45) is 0 Å². The largest absolute Gasteiger partial charge is 0.496 e. The molecule has 0 amide bonds. The van der Waals surface area contributed by atoms with Gasteiger partial charge in [-0.2, -0.15) is 0 Å². The molecule has 6 heteroatoms. The summed E-state index contributed by atoms with van der Waals surface area (Å²) in [6.07, 6.45) is 0. The maximum atomic E-state index is 5.99. The van der Waals surface area contributed by atoms with Crippen LogP contribution in [-0.4, -0.2) is 34.2 Å². The van der Waals surface area contributed by atoms with Crippen LogP contribution in [0, 0.1) is 0 Å². The van der Waals surface area contributed by atoms with E-state index in [1.165, 1.54) is 0 Å². The van der Waals surface area contributed by atoms with Gasteiger partial charge in [0.2, 0.25) is 0 Å². The summed E-state index contributed by atoms with van der Waals surface area (Å²) in [4.78, 5) is 15.3. The number of H-pyrrole nitrogens is 4. The highest BCUT2D eigenvalue weighted by Crippen LogP contribution is 2.37. The van der Waals surface area contributed by atoms with E-state index in [0.717, 1.165) is 88.7 Å². The molecule has 6 nitrogen and oxygen atoms in total. The topological polar surface area (TPSA) is 81.6 Å². The van der Waals surface area contributed by atoms with Crippen LogP contribution >= 0.6 is 0 Å². The molecule has 4 aromatic carbocycles. The molecule has 252 valence electrons. The molecule has 0 saturated carbocycles. The Balaban J connectivity index is 1.46. The molecular weight excluding hydrogens is 641 g/mol. The average molecular weight is 677 g/mol. The first-order valence-electron chi connectivity index (χ1n) is 17.3. The lowest BCUT2D eigenvalue weighted by atomic mass is 10.00. The molecule has 4 N–H and O–H groups in total. The van der Waals surface area contributed by atoms with Crippen molar-refractivity contribution in [1.29, 1.82) is 0 Å². The van der Waals surface area contributed by atoms with Crippen LogP contribution < -0.4 is 30.9 Å². The summed E-state index contributed by atoms with van der Waals surface area (Å²) in [7, 11) is 3.40. The van der Waals surface area contributed by atoms with Gasteiger partial charge in [-0.25, -0.2) is 0 Å². The van der Waals surface area contributed by atoms with Crippen molar-refractivity contribution in [3.63, 3.8) is 0 Å². The molecule has 0 aliphatic carbocycles. The van der Waals surface area contributed by atoms with Gasteiger partial charge in [-0.05, 0) is 77.4 Å². The van der Waals surface area contributed by atoms with E-state index >= 15 is 0 Å². The second-order valence-electron chi connectivity index (χ2n) is 12.8. The molecule has 0 spiro atoms. The predicted molar refractivity (Wildman–Crippen MR) is 207 cm³/mol. The molecule has 8 bridgehead atoms. The fraction of sp³-hybridized carbons (Fsp3) is 0.0435. The van der Waals surface area contributed by atoms with Crippen LogP contribution in [0.1, 0.15) is 45.0 Å². The van der Waals surface area contributed by atoms with E-state index in [0.29, 0.717) is 11.5 Å². The summed E-state index contributed by atoms with van der Waals surface area (Å²) in [6, 6.07) is 54.8. The van der Waals surface area contributed by atoms with E-state index in [4.69, 9.17) is 9.47 Å². The molecule has 9 rings (SSSR count). The van der Waals surface area contributed by atoms with Crippen molar-refractivity contribution in [3.8, 4) is 11.5 Å². The Labute approximate surface area is 300 Å². The van der Waals surface area contributed by atoms with E-state index in [-0.39, 0.29) is 0 Å². The van der Waals surface area contributed by atoms with E-state index in [1.807, 2.05) is 30.3 Å². The van der Waals surface area contributed by atoms with Gasteiger partial charge in [0.25, 0.3) is 0 Å². The zero-order chi connectivity index (χ0) is 35.0. The molecule has 5 heterocycles. The second kappa shape index (κ2) is 13.1. The Morgan fingerprint density at radius 3 is 0.981 bits per heavy atom. The van der Waals surface area contributed by atoms with Crippen molar-refractivity contribution < 1.29 is 9.47 Å². The SMILES string of the molecule is COc1cccc(OC)c1C1=c2ccc([nH]2)=C(c2ccccc2)c2ccc([nH]2)C(c2ccccc2)=c2ccc([nH]2)=C(c2ccccc2)c2ccc1[nH]2. The van der Waals surface area contributed by atoms with Gasteiger partial charge in [0.05, 0.1) is 19.8 Å². The minimum Gasteiger partial charge on any atom is -0.496 e. The lowest BCUT2D eigenvalue weighted by Crippen LogP contribution is -2.19. The molecule has 0 saturated heterocycles. The van der Waals surface area contributed by atoms with Gasteiger partial charge >= 0.3 is 0 Å². The van der Waals surface area contributed by atoms with Crippen molar-refractivity contribution >= 4 is 22.3 Å². The van der Waals surface area contributed by atoms with Crippen LogP contribution in [0.4, 0.5) is 0 Å². The van der Waals surface area contributed by atoms with E-state index in [9.17, 15) is 0 Å². The number of benzene rings is 4. The lowest BCUT2D eigenvalue weighted by molar-refractivity contribution is 0.392. The van der Waals surface area contributed by atoms with Crippen LogP contribution in [0.15, 0.2) is 158 Å². The number of ether oxygens (including phenoxy) is 2. The molecule has 1 aliphatic rings. The number of nitrogens with one attached hydrogen (secondary N) is 4. The number of methoxy groups -OCH3 is 2. The number of hydrogen-bond acceptors (Lipinski definition) is 2. The van der Waals surface area contributed by atoms with Gasteiger partial charge in [-0.1, -0.05) is 97.1 Å². The summed E-state index contributed by atoms with van der Waals surface area (Å²) >= 11 is 0. The first-order valence-corrected chi connectivity index (χ1v) is 17.3. The third-order valence-corrected chi connectivity index (χ3v) is 9.76. The Morgan fingerprint density at radius 2 is 0.635 bits per heavy atom. The average Bonchev–Trinajstić information content (AvgIpc) is 4.04. The second-order valence-corrected chi connectivity index (χ2v) is 12.8. The minimum absolute atomic E-state index is 0.711. The van der Waals surface area contributed by atoms with Crippen LogP contribution in [-0.2, 0) is 0 Å². The summed E-state index contributed by atoms with van der Waals surface area (Å²) < 4.78 is 12.0. The quantitative estimate of drug-likeness (QED) is 0.166. The molecule has 0 fully saturated rings. The van der Waals surface area contributed by atoms with Gasteiger partial charge in [-0.3, -0.25) is 0 Å². The van der Waals surface area contributed by atoms with Gasteiger partial charge in [0.15, 0.2) is 0 Å². The summed E-state index contributed by atoms with van der Waals surface area (Å²) in [6.45, 7) is 0. The Hall–Kier alpha value is -6.92. The molecule has 0 radical (unpaired) electrons. The zero-order valence-corrected chi connectivity index (χ0v) is 28.8. The maximum Gasteiger partial charge on any atom is 0.130 e. The summed E-state index contributed by atoms with van der Waals surface area (Å²) in [5.74, 6) is 1.42. The fourth-order valence-electron chi connectivity index (χ4n) is 7.44. The molecule has 52 heavy (non-hydrogen) atoms. The minimum atomic E-state index is 0.711. The molecule has 0 atom stereocenters. The van der Waals surface area contributed by atoms with Crippen LogP contribution in [0.3, 0.4) is 0 Å². The van der Waals surface area contributed by atoms with Crippen molar-refractivity contribution in [2.75, 3.05) is 14.2 Å². The normalized spacial score (nSPS) is 12.7. The highest BCUT2D eigenvalue weighted by molar-refractivity contribution is 5.87. The van der Waals surface area contributed by atoms with Crippen molar-refractivity contribution in [1.82, 2.24) is 19.9 Å². The van der Waals surface area contributed by atoms with E-state index in [2.05, 4.69) is 147 Å². The molecule has 1 aliphatic heterocycles. The maximum absolute atomic E-state index is 5.99. The summed E-state index contributed by atoms with van der Waals surface area (Å²) in [5, 5.41) is 3.90. The number of hydrogen-bond donors (Lipinski definition) is 4. The third-order valence-electron chi connectivity index (χ3n) is 9.76. The monoisotopic (exact) mass is 676 g/mol. The lowest BCUT2D eigenvalue weighted by Gasteiger charge is -2.15. The van der Waals surface area contributed by atoms with E-state index in [1.54, 1.807) is 14.2 Å². The zero-order valence-electron chi connectivity index (χ0n) is 28.8. The van der Waals surface area contributed by atoms with Gasteiger partial charge < -0.3 is 29.4 Å².